The first kappa shape index (κ1) is 19.1. The quantitative estimate of drug-likeness (QED) is 0.835. The van der Waals surface area contributed by atoms with Crippen LogP contribution in [-0.4, -0.2) is 44.4 Å². The number of likely N-dealkylation sites (tertiary alicyclic amines) is 1. The summed E-state index contributed by atoms with van der Waals surface area (Å²) in [6.07, 6.45) is 4.35. The van der Waals surface area contributed by atoms with Crippen LogP contribution in [0.2, 0.25) is 0 Å². The summed E-state index contributed by atoms with van der Waals surface area (Å²) in [6.45, 7) is 4.60. The fraction of sp³-hybridized carbons (Fsp3) is 0.471. The molecular formula is C17H19FN6O2S. The maximum Gasteiger partial charge on any atom is 0.232 e. The molecule has 0 spiro atoms. The van der Waals surface area contributed by atoms with Crippen molar-refractivity contribution in [3.05, 3.63) is 28.9 Å². The number of nitrogens with zero attached hydrogens (tertiary/aromatic N) is 5. The number of carbonyl (C=O) groups is 1. The predicted molar refractivity (Wildman–Crippen MR) is 96.6 cm³/mol. The molecule has 0 unspecified atom stereocenters. The van der Waals surface area contributed by atoms with Crippen LogP contribution in [0.1, 0.15) is 37.3 Å². The van der Waals surface area contributed by atoms with Crippen molar-refractivity contribution in [2.45, 2.75) is 45.4 Å². The number of thiazole rings is 1. The van der Waals surface area contributed by atoms with Crippen LogP contribution in [0.4, 0.5) is 9.52 Å². The van der Waals surface area contributed by atoms with E-state index in [0.29, 0.717) is 17.3 Å². The number of piperidine rings is 1. The van der Waals surface area contributed by atoms with E-state index in [1.807, 2.05) is 6.07 Å². The van der Waals surface area contributed by atoms with E-state index in [1.165, 1.54) is 19.3 Å². The molecule has 1 saturated heterocycles. The molecule has 1 amide bonds. The number of rotatable bonds is 5. The highest BCUT2D eigenvalue weighted by Gasteiger charge is 2.28. The van der Waals surface area contributed by atoms with E-state index >= 15 is 0 Å². The van der Waals surface area contributed by atoms with Crippen molar-refractivity contribution < 1.29 is 13.9 Å². The Balaban J connectivity index is 1.56. The van der Waals surface area contributed by atoms with Crippen LogP contribution >= 0.6 is 11.3 Å². The molecule has 10 heteroatoms. The van der Waals surface area contributed by atoms with Crippen molar-refractivity contribution in [3.8, 4) is 11.9 Å². The van der Waals surface area contributed by atoms with Crippen molar-refractivity contribution in [2.75, 3.05) is 11.9 Å². The predicted octanol–water partition coefficient (Wildman–Crippen LogP) is 2.33. The molecule has 0 radical (unpaired) electrons. The van der Waals surface area contributed by atoms with E-state index in [9.17, 15) is 9.18 Å². The number of nitrogens with one attached hydrogen (secondary N) is 1. The van der Waals surface area contributed by atoms with Crippen molar-refractivity contribution >= 4 is 22.4 Å². The SMILES string of the molecule is CC(=O)Nc1nc(F)c(CN2CC[C@@H](Oc3cnc(C#N)cn3)C[C@H]2C)s1. The van der Waals surface area contributed by atoms with E-state index in [1.54, 1.807) is 0 Å². The van der Waals surface area contributed by atoms with Gasteiger partial charge in [-0.15, -0.1) is 0 Å². The zero-order valence-electron chi connectivity index (χ0n) is 15.0. The number of halogens is 1. The van der Waals surface area contributed by atoms with Crippen LogP contribution in [0.5, 0.6) is 5.88 Å². The molecule has 1 aliphatic rings. The topological polar surface area (TPSA) is 104 Å². The van der Waals surface area contributed by atoms with Gasteiger partial charge < -0.3 is 10.1 Å². The zero-order valence-corrected chi connectivity index (χ0v) is 15.8. The highest BCUT2D eigenvalue weighted by molar-refractivity contribution is 7.15. The summed E-state index contributed by atoms with van der Waals surface area (Å²) in [5.41, 5.74) is 0.246. The third-order valence-electron chi connectivity index (χ3n) is 4.28. The Morgan fingerprint density at radius 2 is 2.33 bits per heavy atom. The summed E-state index contributed by atoms with van der Waals surface area (Å²) in [4.78, 5) is 25.5. The second kappa shape index (κ2) is 8.37. The molecule has 0 aliphatic carbocycles. The maximum atomic E-state index is 14.0. The maximum absolute atomic E-state index is 14.0. The number of anilines is 1. The van der Waals surface area contributed by atoms with Crippen LogP contribution in [0.15, 0.2) is 12.4 Å². The van der Waals surface area contributed by atoms with Crippen molar-refractivity contribution in [1.82, 2.24) is 19.9 Å². The van der Waals surface area contributed by atoms with Crippen molar-refractivity contribution in [3.63, 3.8) is 0 Å². The summed E-state index contributed by atoms with van der Waals surface area (Å²) in [6, 6.07) is 2.10. The Kier molecular flexibility index (Phi) is 5.93. The third-order valence-corrected chi connectivity index (χ3v) is 5.21. The number of aromatic nitrogens is 3. The fourth-order valence-corrected chi connectivity index (χ4v) is 3.86. The number of hydrogen-bond acceptors (Lipinski definition) is 8. The Morgan fingerprint density at radius 3 is 2.96 bits per heavy atom. The molecule has 2 aromatic heterocycles. The molecule has 0 aromatic carbocycles. The lowest BCUT2D eigenvalue weighted by atomic mass is 10.0. The molecular weight excluding hydrogens is 371 g/mol. The van der Waals surface area contributed by atoms with E-state index < -0.39 is 5.95 Å². The van der Waals surface area contributed by atoms with Gasteiger partial charge in [0, 0.05) is 26.1 Å². The lowest BCUT2D eigenvalue weighted by Gasteiger charge is -2.37. The van der Waals surface area contributed by atoms with Crippen LogP contribution < -0.4 is 10.1 Å². The van der Waals surface area contributed by atoms with Gasteiger partial charge in [-0.2, -0.15) is 14.6 Å². The summed E-state index contributed by atoms with van der Waals surface area (Å²) in [5, 5.41) is 11.5. The normalized spacial score (nSPS) is 20.1. The Bertz CT molecular complexity index is 850. The number of carbonyl (C=O) groups excluding carboxylic acids is 1. The summed E-state index contributed by atoms with van der Waals surface area (Å²) in [7, 11) is 0. The first-order valence-corrected chi connectivity index (χ1v) is 9.32. The van der Waals surface area contributed by atoms with Crippen LogP contribution in [0, 0.1) is 17.3 Å². The Hall–Kier alpha value is -2.64. The van der Waals surface area contributed by atoms with Gasteiger partial charge in [0.25, 0.3) is 0 Å². The summed E-state index contributed by atoms with van der Waals surface area (Å²) in [5.74, 6) is -0.414. The fourth-order valence-electron chi connectivity index (χ4n) is 2.94. The standard InChI is InChI=1S/C17H19FN6O2S/c1-10-5-13(26-15-8-20-12(6-19)7-21-15)3-4-24(10)9-14-16(18)23-17(27-14)22-11(2)25/h7-8,10,13H,3-5,9H2,1-2H3,(H,22,23,25)/t10-,13-/m1/s1. The van der Waals surface area contributed by atoms with Gasteiger partial charge in [-0.05, 0) is 19.8 Å². The molecule has 0 bridgehead atoms. The summed E-state index contributed by atoms with van der Waals surface area (Å²) >= 11 is 1.15. The largest absolute Gasteiger partial charge is 0.473 e. The van der Waals surface area contributed by atoms with Gasteiger partial charge in [-0.3, -0.25) is 9.69 Å². The molecule has 142 valence electrons. The van der Waals surface area contributed by atoms with Gasteiger partial charge in [0.05, 0.1) is 17.3 Å². The molecule has 1 N–H and O–H groups in total. The number of nitriles is 1. The van der Waals surface area contributed by atoms with Crippen molar-refractivity contribution in [2.24, 2.45) is 0 Å². The molecule has 3 heterocycles. The molecule has 3 rings (SSSR count). The Morgan fingerprint density at radius 1 is 1.52 bits per heavy atom. The average Bonchev–Trinajstić information content (AvgIpc) is 2.96. The summed E-state index contributed by atoms with van der Waals surface area (Å²) < 4.78 is 19.9. The first-order chi connectivity index (χ1) is 12.9. The highest BCUT2D eigenvalue weighted by atomic mass is 32.1. The van der Waals surface area contributed by atoms with Crippen molar-refractivity contribution in [1.29, 1.82) is 5.26 Å². The third kappa shape index (κ3) is 4.96. The Labute approximate surface area is 160 Å². The first-order valence-electron chi connectivity index (χ1n) is 8.50. The van der Waals surface area contributed by atoms with Gasteiger partial charge >= 0.3 is 0 Å². The van der Waals surface area contributed by atoms with E-state index in [0.717, 1.165) is 30.7 Å². The number of ether oxygens (including phenoxy) is 1. The highest BCUT2D eigenvalue weighted by Crippen LogP contribution is 2.27. The van der Waals surface area contributed by atoms with Gasteiger partial charge in [0.1, 0.15) is 12.2 Å². The number of amides is 1. The second-order valence-electron chi connectivity index (χ2n) is 6.35. The second-order valence-corrected chi connectivity index (χ2v) is 7.43. The molecule has 2 atom stereocenters. The monoisotopic (exact) mass is 390 g/mol. The smallest absolute Gasteiger partial charge is 0.232 e. The molecule has 2 aromatic rings. The lowest BCUT2D eigenvalue weighted by molar-refractivity contribution is -0.114. The van der Waals surface area contributed by atoms with Crippen LogP contribution in [0.25, 0.3) is 0 Å². The van der Waals surface area contributed by atoms with Gasteiger partial charge in [-0.1, -0.05) is 11.3 Å². The average molecular weight is 390 g/mol. The zero-order chi connectivity index (χ0) is 19.4. The van der Waals surface area contributed by atoms with Crippen LogP contribution in [0.3, 0.4) is 0 Å². The van der Waals surface area contributed by atoms with E-state index in [4.69, 9.17) is 10.00 Å². The van der Waals surface area contributed by atoms with Gasteiger partial charge in [0.2, 0.25) is 17.7 Å². The molecule has 8 nitrogen and oxygen atoms in total. The minimum absolute atomic E-state index is 0.0141. The number of hydrogen-bond donors (Lipinski definition) is 1. The van der Waals surface area contributed by atoms with E-state index in [2.05, 4.69) is 32.1 Å². The molecule has 27 heavy (non-hydrogen) atoms. The molecule has 0 saturated carbocycles. The van der Waals surface area contributed by atoms with E-state index in [-0.39, 0.29) is 28.9 Å². The molecule has 1 aliphatic heterocycles. The van der Waals surface area contributed by atoms with Gasteiger partial charge in [0.15, 0.2) is 10.8 Å². The minimum atomic E-state index is -0.540. The molecule has 1 fully saturated rings. The minimum Gasteiger partial charge on any atom is -0.473 e. The van der Waals surface area contributed by atoms with Crippen LogP contribution in [-0.2, 0) is 11.3 Å². The van der Waals surface area contributed by atoms with Gasteiger partial charge in [-0.25, -0.2) is 9.97 Å². The lowest BCUT2D eigenvalue weighted by Crippen LogP contribution is -2.43.